The van der Waals surface area contributed by atoms with Gasteiger partial charge in [-0.25, -0.2) is 4.79 Å². The summed E-state index contributed by atoms with van der Waals surface area (Å²) < 4.78 is 5.21. The SMILES string of the molecule is N#CC(C#N)=C(O)[C@@H](NC(=O)OCc1ccccc1)c1c[nH]c2ccccc12. The fourth-order valence-corrected chi connectivity index (χ4v) is 2.79. The summed E-state index contributed by atoms with van der Waals surface area (Å²) in [4.78, 5) is 15.4. The molecule has 0 aliphatic heterocycles. The Bertz CT molecular complexity index is 1090. The molecule has 7 nitrogen and oxygen atoms in total. The first-order valence-corrected chi connectivity index (χ1v) is 8.40. The molecular weight excluding hydrogens is 356 g/mol. The molecular formula is C21H16N4O3. The molecule has 2 aromatic carbocycles. The summed E-state index contributed by atoms with van der Waals surface area (Å²) in [7, 11) is 0. The second-order valence-corrected chi connectivity index (χ2v) is 5.91. The number of rotatable bonds is 5. The largest absolute Gasteiger partial charge is 0.508 e. The van der Waals surface area contributed by atoms with Gasteiger partial charge in [-0.2, -0.15) is 10.5 Å². The summed E-state index contributed by atoms with van der Waals surface area (Å²) in [5, 5.41) is 32.0. The van der Waals surface area contributed by atoms with Gasteiger partial charge >= 0.3 is 6.09 Å². The van der Waals surface area contributed by atoms with E-state index in [1.807, 2.05) is 42.5 Å². The highest BCUT2D eigenvalue weighted by Gasteiger charge is 2.25. The lowest BCUT2D eigenvalue weighted by Crippen LogP contribution is -2.30. The van der Waals surface area contributed by atoms with Crippen molar-refractivity contribution in [3.05, 3.63) is 83.3 Å². The van der Waals surface area contributed by atoms with E-state index >= 15 is 0 Å². The molecule has 1 atom stereocenters. The lowest BCUT2D eigenvalue weighted by molar-refractivity contribution is 0.134. The average molecular weight is 372 g/mol. The maximum atomic E-state index is 12.3. The zero-order chi connectivity index (χ0) is 19.9. The molecule has 138 valence electrons. The Kier molecular flexibility index (Phi) is 5.59. The van der Waals surface area contributed by atoms with Crippen LogP contribution in [0.2, 0.25) is 0 Å². The standard InChI is InChI=1S/C21H16N4O3/c22-10-15(11-23)20(26)19(17-12-24-18-9-5-4-8-16(17)18)25-21(27)28-13-14-6-2-1-3-7-14/h1-9,12,19,24,26H,13H2,(H,25,27)/t19-/m0/s1. The second-order valence-electron chi connectivity index (χ2n) is 5.91. The van der Waals surface area contributed by atoms with Crippen LogP contribution in [0, 0.1) is 22.7 Å². The van der Waals surface area contributed by atoms with Crippen LogP contribution in [-0.2, 0) is 11.3 Å². The first-order valence-electron chi connectivity index (χ1n) is 8.40. The van der Waals surface area contributed by atoms with Crippen LogP contribution >= 0.6 is 0 Å². The predicted octanol–water partition coefficient (Wildman–Crippen LogP) is 3.99. The molecule has 3 aromatic rings. The van der Waals surface area contributed by atoms with Gasteiger partial charge in [-0.05, 0) is 11.6 Å². The number of amides is 1. The number of aromatic nitrogens is 1. The first-order chi connectivity index (χ1) is 13.6. The highest BCUT2D eigenvalue weighted by molar-refractivity contribution is 5.84. The van der Waals surface area contributed by atoms with Gasteiger partial charge in [-0.3, -0.25) is 0 Å². The van der Waals surface area contributed by atoms with Crippen molar-refractivity contribution in [1.29, 1.82) is 10.5 Å². The third-order valence-corrected chi connectivity index (χ3v) is 4.16. The number of para-hydroxylation sites is 1. The van der Waals surface area contributed by atoms with Crippen LogP contribution < -0.4 is 5.32 Å². The molecule has 28 heavy (non-hydrogen) atoms. The first kappa shape index (κ1) is 18.6. The van der Waals surface area contributed by atoms with Gasteiger partial charge in [0.2, 0.25) is 0 Å². The number of allylic oxidation sites excluding steroid dienone is 1. The van der Waals surface area contributed by atoms with Crippen molar-refractivity contribution in [2.75, 3.05) is 0 Å². The van der Waals surface area contributed by atoms with Crippen LogP contribution in [0.1, 0.15) is 17.2 Å². The van der Waals surface area contributed by atoms with E-state index in [1.165, 1.54) is 0 Å². The third kappa shape index (κ3) is 3.95. The molecule has 1 aromatic heterocycles. The monoisotopic (exact) mass is 372 g/mol. The number of aromatic amines is 1. The van der Waals surface area contributed by atoms with Crippen LogP contribution in [0.25, 0.3) is 10.9 Å². The zero-order valence-electron chi connectivity index (χ0n) is 14.7. The summed E-state index contributed by atoms with van der Waals surface area (Å²) in [6.07, 6.45) is 0.816. The van der Waals surface area contributed by atoms with Crippen molar-refractivity contribution in [1.82, 2.24) is 10.3 Å². The molecule has 0 bridgehead atoms. The second kappa shape index (κ2) is 8.43. The van der Waals surface area contributed by atoms with E-state index in [0.29, 0.717) is 5.56 Å². The average Bonchev–Trinajstić information content (AvgIpc) is 3.16. The number of benzene rings is 2. The number of fused-ring (bicyclic) bond motifs is 1. The molecule has 0 radical (unpaired) electrons. The van der Waals surface area contributed by atoms with Crippen molar-refractivity contribution in [2.45, 2.75) is 12.6 Å². The van der Waals surface area contributed by atoms with E-state index in [1.54, 1.807) is 30.5 Å². The van der Waals surface area contributed by atoms with Gasteiger partial charge in [0.05, 0.1) is 0 Å². The summed E-state index contributed by atoms with van der Waals surface area (Å²) in [6, 6.07) is 18.6. The van der Waals surface area contributed by atoms with Crippen LogP contribution in [0.4, 0.5) is 4.79 Å². The number of carbonyl (C=O) groups is 1. The number of hydrogen-bond acceptors (Lipinski definition) is 5. The van der Waals surface area contributed by atoms with E-state index in [-0.39, 0.29) is 6.61 Å². The van der Waals surface area contributed by atoms with Crippen LogP contribution in [0.5, 0.6) is 0 Å². The minimum absolute atomic E-state index is 0.0428. The maximum absolute atomic E-state index is 12.3. The third-order valence-electron chi connectivity index (χ3n) is 4.16. The predicted molar refractivity (Wildman–Crippen MR) is 102 cm³/mol. The van der Waals surface area contributed by atoms with Gasteiger partial charge in [-0.15, -0.1) is 0 Å². The molecule has 1 amide bonds. The van der Waals surface area contributed by atoms with E-state index in [2.05, 4.69) is 10.3 Å². The van der Waals surface area contributed by atoms with Gasteiger partial charge in [0, 0.05) is 22.7 Å². The highest BCUT2D eigenvalue weighted by Crippen LogP contribution is 2.29. The Hall–Kier alpha value is -4.23. The molecule has 7 heteroatoms. The lowest BCUT2D eigenvalue weighted by Gasteiger charge is -2.18. The smallest absolute Gasteiger partial charge is 0.408 e. The van der Waals surface area contributed by atoms with E-state index < -0.39 is 23.5 Å². The zero-order valence-corrected chi connectivity index (χ0v) is 14.7. The molecule has 3 rings (SSSR count). The molecule has 0 aliphatic rings. The molecule has 0 saturated carbocycles. The number of carbonyl (C=O) groups excluding carboxylic acids is 1. The van der Waals surface area contributed by atoms with Gasteiger partial charge in [0.25, 0.3) is 0 Å². The number of ether oxygens (including phenoxy) is 1. The molecule has 0 fully saturated rings. The molecule has 0 unspecified atom stereocenters. The van der Waals surface area contributed by atoms with Crippen molar-refractivity contribution in [3.63, 3.8) is 0 Å². The normalized spacial score (nSPS) is 11.1. The summed E-state index contributed by atoms with van der Waals surface area (Å²) in [6.45, 7) is 0.0428. The number of nitriles is 2. The number of alkyl carbamates (subject to hydrolysis) is 1. The summed E-state index contributed by atoms with van der Waals surface area (Å²) in [5.74, 6) is -0.550. The highest BCUT2D eigenvalue weighted by atomic mass is 16.5. The molecule has 3 N–H and O–H groups in total. The number of hydrogen-bond donors (Lipinski definition) is 3. The fraction of sp³-hybridized carbons (Fsp3) is 0.0952. The van der Waals surface area contributed by atoms with Gasteiger partial charge < -0.3 is 20.1 Å². The fourth-order valence-electron chi connectivity index (χ4n) is 2.79. The quantitative estimate of drug-likeness (QED) is 0.462. The lowest BCUT2D eigenvalue weighted by atomic mass is 10.0. The Morgan fingerprint density at radius 2 is 1.79 bits per heavy atom. The summed E-state index contributed by atoms with van der Waals surface area (Å²) in [5.41, 5.74) is 1.60. The van der Waals surface area contributed by atoms with Crippen LogP contribution in [-0.4, -0.2) is 16.2 Å². The van der Waals surface area contributed by atoms with Crippen LogP contribution in [0.3, 0.4) is 0 Å². The Labute approximate surface area is 161 Å². The number of H-pyrrole nitrogens is 1. The Balaban J connectivity index is 1.89. The topological polar surface area (TPSA) is 122 Å². The minimum Gasteiger partial charge on any atom is -0.508 e. The summed E-state index contributed by atoms with van der Waals surface area (Å²) >= 11 is 0. The Morgan fingerprint density at radius 3 is 2.50 bits per heavy atom. The number of aliphatic hydroxyl groups excluding tert-OH is 1. The van der Waals surface area contributed by atoms with E-state index in [9.17, 15) is 9.90 Å². The molecule has 1 heterocycles. The van der Waals surface area contributed by atoms with Gasteiger partial charge in [-0.1, -0.05) is 48.5 Å². The van der Waals surface area contributed by atoms with Crippen molar-refractivity contribution in [2.24, 2.45) is 0 Å². The molecule has 0 saturated heterocycles. The van der Waals surface area contributed by atoms with Crippen molar-refractivity contribution in [3.8, 4) is 12.1 Å². The van der Waals surface area contributed by atoms with Gasteiger partial charge in [0.1, 0.15) is 30.5 Å². The minimum atomic E-state index is -1.12. The maximum Gasteiger partial charge on any atom is 0.408 e. The molecule has 0 aliphatic carbocycles. The number of nitrogens with zero attached hydrogens (tertiary/aromatic N) is 2. The van der Waals surface area contributed by atoms with E-state index in [4.69, 9.17) is 15.3 Å². The van der Waals surface area contributed by atoms with Crippen LogP contribution in [0.15, 0.2) is 72.1 Å². The van der Waals surface area contributed by atoms with Gasteiger partial charge in [0.15, 0.2) is 5.57 Å². The van der Waals surface area contributed by atoms with Crippen molar-refractivity contribution < 1.29 is 14.6 Å². The number of nitrogens with one attached hydrogen (secondary N) is 2. The van der Waals surface area contributed by atoms with E-state index in [0.717, 1.165) is 16.5 Å². The molecule has 0 spiro atoms. The number of aliphatic hydroxyl groups is 1. The Morgan fingerprint density at radius 1 is 1.11 bits per heavy atom. The van der Waals surface area contributed by atoms with Crippen molar-refractivity contribution >= 4 is 17.0 Å².